The molecule has 0 aliphatic carbocycles. The molecule has 1 amide bonds. The minimum Gasteiger partial charge on any atom is -0.446 e. The van der Waals surface area contributed by atoms with Gasteiger partial charge in [-0.05, 0) is 67.8 Å². The van der Waals surface area contributed by atoms with Crippen LogP contribution in [-0.4, -0.2) is 43.4 Å². The summed E-state index contributed by atoms with van der Waals surface area (Å²) in [5.74, 6) is -0.100. The topological polar surface area (TPSA) is 113 Å². The maximum atomic E-state index is 13.8. The highest BCUT2D eigenvalue weighted by Gasteiger charge is 2.43. The quantitative estimate of drug-likeness (QED) is 0.329. The van der Waals surface area contributed by atoms with Gasteiger partial charge in [0.25, 0.3) is 5.95 Å². The predicted molar refractivity (Wildman–Crippen MR) is 136 cm³/mol. The lowest BCUT2D eigenvalue weighted by Gasteiger charge is -2.43. The summed E-state index contributed by atoms with van der Waals surface area (Å²) in [6, 6.07) is 4.73. The van der Waals surface area contributed by atoms with Crippen LogP contribution < -0.4 is 9.80 Å². The number of carbonyl (C=O) groups is 1. The van der Waals surface area contributed by atoms with Crippen LogP contribution in [0, 0.1) is 11.3 Å². The number of amides is 1. The van der Waals surface area contributed by atoms with Crippen LogP contribution in [0.25, 0.3) is 0 Å². The van der Waals surface area contributed by atoms with Crippen molar-refractivity contribution < 1.29 is 35.9 Å². The first-order valence-corrected chi connectivity index (χ1v) is 12.8. The summed E-state index contributed by atoms with van der Waals surface area (Å²) in [5.41, 5.74) is -2.66. The Morgan fingerprint density at radius 1 is 1.17 bits per heavy atom. The van der Waals surface area contributed by atoms with Gasteiger partial charge in [0.15, 0.2) is 0 Å². The van der Waals surface area contributed by atoms with E-state index in [4.69, 9.17) is 4.74 Å². The van der Waals surface area contributed by atoms with Gasteiger partial charge in [-0.3, -0.25) is 4.90 Å². The van der Waals surface area contributed by atoms with Crippen molar-refractivity contribution in [2.45, 2.75) is 70.7 Å². The van der Waals surface area contributed by atoms with Crippen molar-refractivity contribution in [1.29, 1.82) is 5.26 Å². The van der Waals surface area contributed by atoms with Crippen molar-refractivity contribution in [3.63, 3.8) is 0 Å². The molecular weight excluding hydrogens is 570 g/mol. The Kier molecular flexibility index (Phi) is 8.33. The van der Waals surface area contributed by atoms with Crippen molar-refractivity contribution in [2.24, 2.45) is 7.05 Å². The molecule has 4 rings (SSSR count). The van der Waals surface area contributed by atoms with Gasteiger partial charge in [-0.2, -0.15) is 36.4 Å². The maximum absolute atomic E-state index is 13.8. The lowest BCUT2D eigenvalue weighted by Crippen LogP contribution is -2.49. The van der Waals surface area contributed by atoms with Crippen LogP contribution in [0.4, 0.5) is 42.8 Å². The standard InChI is InChI=1S/C26H26F6N8O2/c1-5-18-11-20(22-19(40(18)24(41)42-14(2)3)6-7-21(34-22)26(30,31)32)39(23-35-37-38(4)36-23)13-16-8-15(12-33)9-17(10-16)25(27,28)29/h6-10,14,18,20H,5,11,13H2,1-4H3/t18-,20+/m1/s1. The second kappa shape index (κ2) is 11.5. The summed E-state index contributed by atoms with van der Waals surface area (Å²) < 4.78 is 87.7. The monoisotopic (exact) mass is 596 g/mol. The number of fused-ring (bicyclic) bond motifs is 1. The molecule has 0 saturated carbocycles. The minimum atomic E-state index is -4.83. The number of alkyl halides is 6. The van der Waals surface area contributed by atoms with Crippen LogP contribution in [0.15, 0.2) is 30.3 Å². The van der Waals surface area contributed by atoms with E-state index in [0.29, 0.717) is 12.5 Å². The average Bonchev–Trinajstić information content (AvgIpc) is 3.34. The molecule has 3 heterocycles. The van der Waals surface area contributed by atoms with E-state index in [1.54, 1.807) is 26.8 Å². The van der Waals surface area contributed by atoms with Gasteiger partial charge in [-0.1, -0.05) is 12.0 Å². The maximum Gasteiger partial charge on any atom is 0.433 e. The van der Waals surface area contributed by atoms with Crippen LogP contribution in [-0.2, 0) is 30.7 Å². The molecule has 0 spiro atoms. The molecule has 3 aromatic rings. The van der Waals surface area contributed by atoms with Gasteiger partial charge in [0.2, 0.25) is 0 Å². The summed E-state index contributed by atoms with van der Waals surface area (Å²) in [5, 5.41) is 21.3. The van der Waals surface area contributed by atoms with Gasteiger partial charge < -0.3 is 9.64 Å². The summed E-state index contributed by atoms with van der Waals surface area (Å²) in [7, 11) is 1.44. The van der Waals surface area contributed by atoms with Crippen LogP contribution in [0.2, 0.25) is 0 Å². The van der Waals surface area contributed by atoms with Crippen LogP contribution >= 0.6 is 0 Å². The Morgan fingerprint density at radius 2 is 1.88 bits per heavy atom. The third-order valence-corrected chi connectivity index (χ3v) is 6.57. The third-order valence-electron chi connectivity index (χ3n) is 6.57. The number of aromatic nitrogens is 5. The smallest absolute Gasteiger partial charge is 0.433 e. The number of rotatable bonds is 6. The van der Waals surface area contributed by atoms with Gasteiger partial charge in [0, 0.05) is 12.6 Å². The zero-order chi connectivity index (χ0) is 31.0. The Hall–Kier alpha value is -4.42. The van der Waals surface area contributed by atoms with E-state index in [1.165, 1.54) is 22.9 Å². The number of tetrazole rings is 1. The largest absolute Gasteiger partial charge is 0.446 e. The van der Waals surface area contributed by atoms with Crippen molar-refractivity contribution in [3.8, 4) is 6.07 Å². The number of aryl methyl sites for hydroxylation is 1. The SMILES string of the molecule is CC[C@@H]1C[C@H](N(Cc2cc(C#N)cc(C(F)(F)F)c2)c2nnn(C)n2)c2nc(C(F)(F)F)ccc2N1C(=O)OC(C)C. The Labute approximate surface area is 236 Å². The summed E-state index contributed by atoms with van der Waals surface area (Å²) >= 11 is 0. The van der Waals surface area contributed by atoms with E-state index >= 15 is 0 Å². The molecule has 0 fully saturated rings. The molecule has 10 nitrogen and oxygen atoms in total. The molecule has 42 heavy (non-hydrogen) atoms. The molecule has 1 aliphatic heterocycles. The van der Waals surface area contributed by atoms with Crippen molar-refractivity contribution >= 4 is 17.7 Å². The zero-order valence-corrected chi connectivity index (χ0v) is 22.9. The van der Waals surface area contributed by atoms with E-state index in [1.807, 2.05) is 0 Å². The molecule has 0 radical (unpaired) electrons. The normalized spacial score (nSPS) is 17.1. The Morgan fingerprint density at radius 3 is 2.43 bits per heavy atom. The zero-order valence-electron chi connectivity index (χ0n) is 22.9. The molecule has 0 saturated heterocycles. The van der Waals surface area contributed by atoms with Gasteiger partial charge >= 0.3 is 18.4 Å². The van der Waals surface area contributed by atoms with E-state index in [-0.39, 0.29) is 41.4 Å². The lowest BCUT2D eigenvalue weighted by atomic mass is 9.91. The van der Waals surface area contributed by atoms with Crippen LogP contribution in [0.3, 0.4) is 0 Å². The van der Waals surface area contributed by atoms with E-state index < -0.39 is 47.9 Å². The third kappa shape index (κ3) is 6.39. The first-order chi connectivity index (χ1) is 19.6. The van der Waals surface area contributed by atoms with E-state index in [0.717, 1.165) is 23.0 Å². The van der Waals surface area contributed by atoms with E-state index in [2.05, 4.69) is 20.4 Å². The highest BCUT2D eigenvalue weighted by atomic mass is 19.4. The number of nitrogens with zero attached hydrogens (tertiary/aromatic N) is 8. The molecule has 224 valence electrons. The summed E-state index contributed by atoms with van der Waals surface area (Å²) in [4.78, 5) is 20.7. The fourth-order valence-electron chi connectivity index (χ4n) is 4.79. The number of ether oxygens (including phenoxy) is 1. The number of benzene rings is 1. The van der Waals surface area contributed by atoms with Crippen molar-refractivity contribution in [3.05, 3.63) is 58.4 Å². The predicted octanol–water partition coefficient (Wildman–Crippen LogP) is 5.80. The first-order valence-electron chi connectivity index (χ1n) is 12.8. The van der Waals surface area contributed by atoms with Crippen LogP contribution in [0.5, 0.6) is 0 Å². The molecule has 16 heteroatoms. The number of anilines is 2. The number of hydrogen-bond donors (Lipinski definition) is 0. The Bertz CT molecular complexity index is 1500. The van der Waals surface area contributed by atoms with Crippen molar-refractivity contribution in [1.82, 2.24) is 25.2 Å². The highest BCUT2D eigenvalue weighted by Crippen LogP contribution is 2.44. The van der Waals surface area contributed by atoms with Crippen molar-refractivity contribution in [2.75, 3.05) is 9.80 Å². The number of hydrogen-bond acceptors (Lipinski definition) is 8. The second-order valence-electron chi connectivity index (χ2n) is 9.95. The minimum absolute atomic E-state index is 0.00727. The van der Waals surface area contributed by atoms with Gasteiger partial charge in [0.1, 0.15) is 5.69 Å². The number of halogens is 6. The molecule has 1 aromatic carbocycles. The van der Waals surface area contributed by atoms with Gasteiger partial charge in [0.05, 0.1) is 47.8 Å². The summed E-state index contributed by atoms with van der Waals surface area (Å²) in [6.07, 6.45) is -10.5. The molecule has 2 atom stereocenters. The van der Waals surface area contributed by atoms with Crippen LogP contribution in [0.1, 0.15) is 67.7 Å². The average molecular weight is 597 g/mol. The second-order valence-corrected chi connectivity index (χ2v) is 9.95. The van der Waals surface area contributed by atoms with Gasteiger partial charge in [-0.15, -0.1) is 5.10 Å². The number of pyridine rings is 1. The first kappa shape index (κ1) is 30.5. The number of carbonyl (C=O) groups excluding carboxylic acids is 1. The molecule has 0 bridgehead atoms. The van der Waals surface area contributed by atoms with Gasteiger partial charge in [-0.25, -0.2) is 9.78 Å². The molecule has 0 N–H and O–H groups in total. The van der Waals surface area contributed by atoms with E-state index in [9.17, 15) is 36.4 Å². The highest BCUT2D eigenvalue weighted by molar-refractivity contribution is 5.90. The molecule has 1 aliphatic rings. The molecule has 0 unspecified atom stereocenters. The fourth-order valence-corrected chi connectivity index (χ4v) is 4.79. The molecular formula is C26H26F6N8O2. The number of nitriles is 1. The fraction of sp³-hybridized carbons (Fsp3) is 0.462. The molecule has 2 aromatic heterocycles. The Balaban J connectivity index is 1.91. The summed E-state index contributed by atoms with van der Waals surface area (Å²) in [6.45, 7) is 4.68. The lowest BCUT2D eigenvalue weighted by molar-refractivity contribution is -0.141.